The van der Waals surface area contributed by atoms with E-state index in [0.29, 0.717) is 11.3 Å². The number of benzene rings is 2. The topological polar surface area (TPSA) is 69.1 Å². The molecule has 0 saturated heterocycles. The van der Waals surface area contributed by atoms with Crippen molar-refractivity contribution in [3.8, 4) is 0 Å². The molecule has 0 heterocycles. The summed E-state index contributed by atoms with van der Waals surface area (Å²) in [6.45, 7) is 4.14. The minimum atomic E-state index is -0.499. The van der Waals surface area contributed by atoms with E-state index in [-0.39, 0.29) is 0 Å². The van der Waals surface area contributed by atoms with Crippen molar-refractivity contribution in [1.29, 1.82) is 0 Å². The predicted octanol–water partition coefficient (Wildman–Crippen LogP) is 3.14. The highest BCUT2D eigenvalue weighted by molar-refractivity contribution is 7.99. The maximum Gasteiger partial charge on any atom is 0.250 e. The van der Waals surface area contributed by atoms with Crippen LogP contribution in [0.15, 0.2) is 46.2 Å². The molecular weight excluding hydrogens is 256 g/mol. The fraction of sp³-hybridized carbons (Fsp3) is 0.133. The molecule has 0 bridgehead atoms. The van der Waals surface area contributed by atoms with Crippen molar-refractivity contribution >= 4 is 23.4 Å². The van der Waals surface area contributed by atoms with E-state index < -0.39 is 5.91 Å². The molecule has 0 aliphatic carbocycles. The van der Waals surface area contributed by atoms with Gasteiger partial charge in [0, 0.05) is 15.5 Å². The minimum Gasteiger partial charge on any atom is -0.398 e. The Hall–Kier alpha value is -1.94. The first-order valence-corrected chi connectivity index (χ1v) is 6.73. The summed E-state index contributed by atoms with van der Waals surface area (Å²) >= 11 is 1.60. The summed E-state index contributed by atoms with van der Waals surface area (Å²) in [6.07, 6.45) is 0. The van der Waals surface area contributed by atoms with E-state index in [1.54, 1.807) is 23.9 Å². The molecule has 1 amide bonds. The van der Waals surface area contributed by atoms with Gasteiger partial charge in [0.1, 0.15) is 0 Å². The number of carbonyl (C=O) groups excluding carboxylic acids is 1. The van der Waals surface area contributed by atoms with Crippen molar-refractivity contribution in [3.63, 3.8) is 0 Å². The van der Waals surface area contributed by atoms with Crippen molar-refractivity contribution in [3.05, 3.63) is 53.1 Å². The second-order valence-electron chi connectivity index (χ2n) is 4.48. The summed E-state index contributed by atoms with van der Waals surface area (Å²) < 4.78 is 0. The molecule has 0 spiro atoms. The summed E-state index contributed by atoms with van der Waals surface area (Å²) in [5, 5.41) is 0. The van der Waals surface area contributed by atoms with Gasteiger partial charge in [-0.3, -0.25) is 4.79 Å². The third-order valence-electron chi connectivity index (χ3n) is 2.85. The van der Waals surface area contributed by atoms with Gasteiger partial charge in [0.2, 0.25) is 0 Å². The van der Waals surface area contributed by atoms with Crippen LogP contribution in [0, 0.1) is 13.8 Å². The van der Waals surface area contributed by atoms with Crippen LogP contribution >= 0.6 is 11.8 Å². The fourth-order valence-electron chi connectivity index (χ4n) is 1.85. The summed E-state index contributed by atoms with van der Waals surface area (Å²) in [4.78, 5) is 13.4. The Morgan fingerprint density at radius 1 is 1.11 bits per heavy atom. The van der Waals surface area contributed by atoms with Crippen LogP contribution < -0.4 is 11.5 Å². The number of nitrogens with two attached hydrogens (primary N) is 2. The zero-order valence-corrected chi connectivity index (χ0v) is 11.8. The van der Waals surface area contributed by atoms with Gasteiger partial charge in [-0.15, -0.1) is 0 Å². The Bertz CT molecular complexity index is 638. The highest BCUT2D eigenvalue weighted by Crippen LogP contribution is 2.32. The lowest BCUT2D eigenvalue weighted by atomic mass is 10.2. The highest BCUT2D eigenvalue weighted by atomic mass is 32.2. The lowest BCUT2D eigenvalue weighted by Crippen LogP contribution is -2.13. The van der Waals surface area contributed by atoms with Crippen LogP contribution in [0.2, 0.25) is 0 Å². The van der Waals surface area contributed by atoms with Crippen molar-refractivity contribution in [2.45, 2.75) is 23.6 Å². The van der Waals surface area contributed by atoms with Gasteiger partial charge in [-0.25, -0.2) is 0 Å². The SMILES string of the molecule is Cc1ccc(Sc2ccc(N)c(C(N)=O)c2)c(C)c1. The standard InChI is InChI=1S/C15H16N2OS/c1-9-3-6-14(10(2)7-9)19-11-4-5-13(16)12(8-11)15(17)18/h3-8H,16H2,1-2H3,(H2,17,18). The van der Waals surface area contributed by atoms with Crippen LogP contribution in [-0.2, 0) is 0 Å². The third-order valence-corrected chi connectivity index (χ3v) is 4.02. The molecule has 0 aliphatic rings. The van der Waals surface area contributed by atoms with E-state index in [1.807, 2.05) is 6.07 Å². The van der Waals surface area contributed by atoms with Gasteiger partial charge in [-0.1, -0.05) is 29.5 Å². The Morgan fingerprint density at radius 2 is 1.84 bits per heavy atom. The number of aryl methyl sites for hydroxylation is 2. The Kier molecular flexibility index (Phi) is 3.81. The number of hydrogen-bond donors (Lipinski definition) is 2. The van der Waals surface area contributed by atoms with E-state index >= 15 is 0 Å². The van der Waals surface area contributed by atoms with Crippen LogP contribution in [0.5, 0.6) is 0 Å². The Labute approximate surface area is 117 Å². The lowest BCUT2D eigenvalue weighted by molar-refractivity contribution is 0.100. The highest BCUT2D eigenvalue weighted by Gasteiger charge is 2.08. The summed E-state index contributed by atoms with van der Waals surface area (Å²) in [7, 11) is 0. The molecule has 3 nitrogen and oxygen atoms in total. The summed E-state index contributed by atoms with van der Waals surface area (Å²) in [5.74, 6) is -0.499. The number of hydrogen-bond acceptors (Lipinski definition) is 3. The van der Waals surface area contributed by atoms with Gasteiger partial charge in [0.05, 0.1) is 5.56 Å². The van der Waals surface area contributed by atoms with Crippen LogP contribution in [-0.4, -0.2) is 5.91 Å². The molecule has 0 saturated carbocycles. The minimum absolute atomic E-state index is 0.370. The molecule has 4 heteroatoms. The van der Waals surface area contributed by atoms with Gasteiger partial charge in [-0.05, 0) is 43.7 Å². The normalized spacial score (nSPS) is 10.4. The average Bonchev–Trinajstić information content (AvgIpc) is 2.34. The molecule has 0 unspecified atom stereocenters. The van der Waals surface area contributed by atoms with Gasteiger partial charge in [0.25, 0.3) is 5.91 Å². The number of rotatable bonds is 3. The van der Waals surface area contributed by atoms with Crippen molar-refractivity contribution in [1.82, 2.24) is 0 Å². The quantitative estimate of drug-likeness (QED) is 0.843. The number of amides is 1. The Balaban J connectivity index is 2.33. The fourth-order valence-corrected chi connectivity index (χ4v) is 2.78. The molecule has 4 N–H and O–H groups in total. The van der Waals surface area contributed by atoms with Crippen molar-refractivity contribution in [2.75, 3.05) is 5.73 Å². The number of primary amides is 1. The molecule has 2 aromatic carbocycles. The molecule has 0 radical (unpaired) electrons. The molecule has 19 heavy (non-hydrogen) atoms. The van der Waals surface area contributed by atoms with E-state index in [9.17, 15) is 4.79 Å². The first-order valence-electron chi connectivity index (χ1n) is 5.92. The van der Waals surface area contributed by atoms with Crippen molar-refractivity contribution < 1.29 is 4.79 Å². The van der Waals surface area contributed by atoms with Gasteiger partial charge >= 0.3 is 0 Å². The number of anilines is 1. The lowest BCUT2D eigenvalue weighted by Gasteiger charge is -2.08. The largest absolute Gasteiger partial charge is 0.398 e. The van der Waals surface area contributed by atoms with E-state index in [1.165, 1.54) is 11.1 Å². The second-order valence-corrected chi connectivity index (χ2v) is 5.60. The van der Waals surface area contributed by atoms with Crippen LogP contribution in [0.4, 0.5) is 5.69 Å². The predicted molar refractivity (Wildman–Crippen MR) is 79.4 cm³/mol. The van der Waals surface area contributed by atoms with Gasteiger partial charge in [0.15, 0.2) is 0 Å². The van der Waals surface area contributed by atoms with Crippen LogP contribution in [0.1, 0.15) is 21.5 Å². The number of nitrogen functional groups attached to an aromatic ring is 1. The third kappa shape index (κ3) is 3.09. The average molecular weight is 272 g/mol. The van der Waals surface area contributed by atoms with Crippen molar-refractivity contribution in [2.24, 2.45) is 5.73 Å². The van der Waals surface area contributed by atoms with Crippen LogP contribution in [0.25, 0.3) is 0 Å². The monoisotopic (exact) mass is 272 g/mol. The molecule has 0 atom stereocenters. The molecule has 2 aromatic rings. The number of carbonyl (C=O) groups is 1. The summed E-state index contributed by atoms with van der Waals surface area (Å²) in [6, 6.07) is 11.6. The zero-order chi connectivity index (χ0) is 14.0. The van der Waals surface area contributed by atoms with Crippen LogP contribution in [0.3, 0.4) is 0 Å². The maximum absolute atomic E-state index is 11.3. The first kappa shape index (κ1) is 13.5. The van der Waals surface area contributed by atoms with Gasteiger partial charge < -0.3 is 11.5 Å². The molecular formula is C15H16N2OS. The summed E-state index contributed by atoms with van der Waals surface area (Å²) in [5.41, 5.74) is 14.3. The van der Waals surface area contributed by atoms with Gasteiger partial charge in [-0.2, -0.15) is 0 Å². The van der Waals surface area contributed by atoms with E-state index in [4.69, 9.17) is 11.5 Å². The Morgan fingerprint density at radius 3 is 2.47 bits per heavy atom. The molecule has 0 aliphatic heterocycles. The maximum atomic E-state index is 11.3. The van der Waals surface area contributed by atoms with E-state index in [0.717, 1.165) is 9.79 Å². The zero-order valence-electron chi connectivity index (χ0n) is 10.9. The first-order chi connectivity index (χ1) is 8.97. The molecule has 0 aromatic heterocycles. The molecule has 0 fully saturated rings. The van der Waals surface area contributed by atoms with E-state index in [2.05, 4.69) is 32.0 Å². The molecule has 2 rings (SSSR count). The second kappa shape index (κ2) is 5.36. The smallest absolute Gasteiger partial charge is 0.250 e. The molecule has 98 valence electrons.